The van der Waals surface area contributed by atoms with Crippen molar-refractivity contribution in [2.24, 2.45) is 0 Å². The lowest BCUT2D eigenvalue weighted by Crippen LogP contribution is -2.36. The van der Waals surface area contributed by atoms with Crippen molar-refractivity contribution < 1.29 is 9.53 Å². The van der Waals surface area contributed by atoms with Crippen LogP contribution < -0.4 is 10.2 Å². The average molecular weight is 351 g/mol. The van der Waals surface area contributed by atoms with Gasteiger partial charge in [-0.05, 0) is 42.5 Å². The second-order valence-corrected chi connectivity index (χ2v) is 6.04. The Morgan fingerprint density at radius 3 is 2.35 bits per heavy atom. The second-order valence-electron chi connectivity index (χ2n) is 5.23. The molecular formula is C17H16Cl2N2O2. The largest absolute Gasteiger partial charge is 0.378 e. The van der Waals surface area contributed by atoms with E-state index in [1.807, 2.05) is 24.3 Å². The molecule has 1 N–H and O–H groups in total. The van der Waals surface area contributed by atoms with Gasteiger partial charge >= 0.3 is 0 Å². The average Bonchev–Trinajstić information content (AvgIpc) is 2.59. The number of benzene rings is 2. The maximum Gasteiger partial charge on any atom is 0.255 e. The third-order valence-corrected chi connectivity index (χ3v) is 4.42. The van der Waals surface area contributed by atoms with E-state index in [1.54, 1.807) is 18.2 Å². The van der Waals surface area contributed by atoms with Gasteiger partial charge in [0.25, 0.3) is 5.91 Å². The molecule has 1 aliphatic heterocycles. The van der Waals surface area contributed by atoms with E-state index in [2.05, 4.69) is 10.2 Å². The Balaban J connectivity index is 1.67. The molecule has 0 atom stereocenters. The summed E-state index contributed by atoms with van der Waals surface area (Å²) in [4.78, 5) is 14.5. The van der Waals surface area contributed by atoms with Crippen molar-refractivity contribution in [2.45, 2.75) is 0 Å². The molecule has 6 heteroatoms. The van der Waals surface area contributed by atoms with Crippen molar-refractivity contribution in [1.29, 1.82) is 0 Å². The molecule has 120 valence electrons. The Kier molecular flexibility index (Phi) is 5.06. The lowest BCUT2D eigenvalue weighted by Gasteiger charge is -2.28. The summed E-state index contributed by atoms with van der Waals surface area (Å²) in [5.74, 6) is -0.220. The van der Waals surface area contributed by atoms with Gasteiger partial charge in [0.05, 0.1) is 23.3 Å². The molecule has 0 unspecified atom stereocenters. The number of carbonyl (C=O) groups is 1. The topological polar surface area (TPSA) is 41.6 Å². The molecule has 0 aliphatic carbocycles. The Bertz CT molecular complexity index is 698. The smallest absolute Gasteiger partial charge is 0.255 e. The summed E-state index contributed by atoms with van der Waals surface area (Å²) < 4.78 is 5.35. The lowest BCUT2D eigenvalue weighted by molar-refractivity contribution is 0.102. The molecule has 2 aromatic rings. The van der Waals surface area contributed by atoms with Crippen LogP contribution in [-0.2, 0) is 4.74 Å². The number of nitrogens with one attached hydrogen (secondary N) is 1. The number of hydrogen-bond acceptors (Lipinski definition) is 3. The molecule has 1 fully saturated rings. The number of nitrogens with zero attached hydrogens (tertiary/aromatic N) is 1. The summed E-state index contributed by atoms with van der Waals surface area (Å²) in [5.41, 5.74) is 2.33. The molecule has 0 aromatic heterocycles. The van der Waals surface area contributed by atoms with Crippen molar-refractivity contribution >= 4 is 40.5 Å². The van der Waals surface area contributed by atoms with Crippen LogP contribution in [0.4, 0.5) is 11.4 Å². The van der Waals surface area contributed by atoms with E-state index in [9.17, 15) is 4.79 Å². The van der Waals surface area contributed by atoms with Crippen LogP contribution in [-0.4, -0.2) is 32.2 Å². The molecule has 2 aromatic carbocycles. The Morgan fingerprint density at radius 2 is 1.70 bits per heavy atom. The van der Waals surface area contributed by atoms with Crippen LogP contribution in [0.3, 0.4) is 0 Å². The minimum absolute atomic E-state index is 0.220. The number of ether oxygens (including phenoxy) is 1. The van der Waals surface area contributed by atoms with E-state index in [1.165, 1.54) is 0 Å². The summed E-state index contributed by atoms with van der Waals surface area (Å²) in [6.07, 6.45) is 0. The number of amides is 1. The summed E-state index contributed by atoms with van der Waals surface area (Å²) in [6, 6.07) is 12.6. The van der Waals surface area contributed by atoms with E-state index in [0.717, 1.165) is 37.7 Å². The van der Waals surface area contributed by atoms with Gasteiger partial charge in [-0.3, -0.25) is 4.79 Å². The predicted octanol–water partition coefficient (Wildman–Crippen LogP) is 4.08. The van der Waals surface area contributed by atoms with Crippen LogP contribution in [0.1, 0.15) is 10.4 Å². The maximum atomic E-state index is 12.2. The standard InChI is InChI=1S/C17H16Cl2N2O2/c18-15-6-1-12(11-16(15)19)17(22)20-13-2-4-14(5-3-13)21-7-9-23-10-8-21/h1-6,11H,7-10H2,(H,20,22). The van der Waals surface area contributed by atoms with Crippen LogP contribution in [0.5, 0.6) is 0 Å². The monoisotopic (exact) mass is 350 g/mol. The quantitative estimate of drug-likeness (QED) is 0.906. The number of rotatable bonds is 3. The Labute approximate surface area is 144 Å². The third-order valence-electron chi connectivity index (χ3n) is 3.68. The van der Waals surface area contributed by atoms with Crippen molar-refractivity contribution in [2.75, 3.05) is 36.5 Å². The highest BCUT2D eigenvalue weighted by Crippen LogP contribution is 2.24. The molecule has 4 nitrogen and oxygen atoms in total. The van der Waals surface area contributed by atoms with Gasteiger partial charge in [0, 0.05) is 30.0 Å². The number of halogens is 2. The number of morpholine rings is 1. The Hall–Kier alpha value is -1.75. The van der Waals surface area contributed by atoms with Crippen LogP contribution in [0, 0.1) is 0 Å². The van der Waals surface area contributed by atoms with Crippen LogP contribution >= 0.6 is 23.2 Å². The summed E-state index contributed by atoms with van der Waals surface area (Å²) in [6.45, 7) is 3.26. The Morgan fingerprint density at radius 1 is 1.00 bits per heavy atom. The van der Waals surface area contributed by atoms with Crippen molar-refractivity contribution in [3.63, 3.8) is 0 Å². The van der Waals surface area contributed by atoms with Gasteiger partial charge in [0.1, 0.15) is 0 Å². The first-order valence-corrected chi connectivity index (χ1v) is 8.08. The SMILES string of the molecule is O=C(Nc1ccc(N2CCOCC2)cc1)c1ccc(Cl)c(Cl)c1. The van der Waals surface area contributed by atoms with Gasteiger partial charge in [0.2, 0.25) is 0 Å². The molecule has 1 aliphatic rings. The molecule has 3 rings (SSSR count). The molecule has 0 spiro atoms. The predicted molar refractivity (Wildman–Crippen MR) is 93.9 cm³/mol. The molecule has 1 amide bonds. The van der Waals surface area contributed by atoms with Gasteiger partial charge in [-0.2, -0.15) is 0 Å². The van der Waals surface area contributed by atoms with Gasteiger partial charge < -0.3 is 15.0 Å². The number of anilines is 2. The van der Waals surface area contributed by atoms with E-state index in [0.29, 0.717) is 15.6 Å². The van der Waals surface area contributed by atoms with Gasteiger partial charge in [-0.25, -0.2) is 0 Å². The first kappa shape index (κ1) is 16.1. The molecule has 23 heavy (non-hydrogen) atoms. The molecular weight excluding hydrogens is 335 g/mol. The van der Waals surface area contributed by atoms with Gasteiger partial charge in [-0.1, -0.05) is 23.2 Å². The van der Waals surface area contributed by atoms with Crippen LogP contribution in [0.2, 0.25) is 10.0 Å². The van der Waals surface area contributed by atoms with E-state index < -0.39 is 0 Å². The zero-order valence-electron chi connectivity index (χ0n) is 12.4. The van der Waals surface area contributed by atoms with Crippen LogP contribution in [0.25, 0.3) is 0 Å². The van der Waals surface area contributed by atoms with E-state index in [4.69, 9.17) is 27.9 Å². The fraction of sp³-hybridized carbons (Fsp3) is 0.235. The molecule has 1 saturated heterocycles. The first-order valence-electron chi connectivity index (χ1n) is 7.32. The van der Waals surface area contributed by atoms with Crippen molar-refractivity contribution in [3.05, 3.63) is 58.1 Å². The second kappa shape index (κ2) is 7.21. The molecule has 0 bridgehead atoms. The highest BCUT2D eigenvalue weighted by Gasteiger charge is 2.12. The number of hydrogen-bond donors (Lipinski definition) is 1. The lowest BCUT2D eigenvalue weighted by atomic mass is 10.2. The van der Waals surface area contributed by atoms with Crippen molar-refractivity contribution in [3.8, 4) is 0 Å². The van der Waals surface area contributed by atoms with Crippen molar-refractivity contribution in [1.82, 2.24) is 0 Å². The fourth-order valence-electron chi connectivity index (χ4n) is 2.42. The normalized spacial score (nSPS) is 14.6. The molecule has 1 heterocycles. The minimum atomic E-state index is -0.220. The maximum absolute atomic E-state index is 12.2. The zero-order valence-corrected chi connectivity index (χ0v) is 13.9. The van der Waals surface area contributed by atoms with E-state index >= 15 is 0 Å². The summed E-state index contributed by atoms with van der Waals surface area (Å²) in [5, 5.41) is 3.64. The van der Waals surface area contributed by atoms with Gasteiger partial charge in [0.15, 0.2) is 0 Å². The van der Waals surface area contributed by atoms with Crippen LogP contribution in [0.15, 0.2) is 42.5 Å². The molecule has 0 radical (unpaired) electrons. The first-order chi connectivity index (χ1) is 11.1. The van der Waals surface area contributed by atoms with E-state index in [-0.39, 0.29) is 5.91 Å². The zero-order chi connectivity index (χ0) is 16.2. The minimum Gasteiger partial charge on any atom is -0.378 e. The highest BCUT2D eigenvalue weighted by atomic mass is 35.5. The summed E-state index contributed by atoms with van der Waals surface area (Å²) in [7, 11) is 0. The molecule has 0 saturated carbocycles. The summed E-state index contributed by atoms with van der Waals surface area (Å²) >= 11 is 11.8. The number of carbonyl (C=O) groups excluding carboxylic acids is 1. The third kappa shape index (κ3) is 3.96. The highest BCUT2D eigenvalue weighted by molar-refractivity contribution is 6.42. The van der Waals surface area contributed by atoms with Gasteiger partial charge in [-0.15, -0.1) is 0 Å². The fourth-order valence-corrected chi connectivity index (χ4v) is 2.72.